The lowest BCUT2D eigenvalue weighted by Gasteiger charge is -2.09. The number of hydrogen-bond donors (Lipinski definition) is 4. The highest BCUT2D eigenvalue weighted by molar-refractivity contribution is 6.35. The second-order valence-electron chi connectivity index (χ2n) is 3.93. The molecule has 0 spiro atoms. The number of nitrogens with two attached hydrogens (primary N) is 1. The summed E-state index contributed by atoms with van der Waals surface area (Å²) in [6.07, 6.45) is 0. The fourth-order valence-corrected chi connectivity index (χ4v) is 1.62. The summed E-state index contributed by atoms with van der Waals surface area (Å²) in [4.78, 5) is 33.8. The van der Waals surface area contributed by atoms with E-state index in [1.54, 1.807) is 12.1 Å². The van der Waals surface area contributed by atoms with Gasteiger partial charge in [-0.2, -0.15) is 0 Å². The Morgan fingerprint density at radius 1 is 1.00 bits per heavy atom. The Morgan fingerprint density at radius 3 is 2.29 bits per heavy atom. The van der Waals surface area contributed by atoms with Gasteiger partial charge in [-0.1, -0.05) is 23.2 Å². The van der Waals surface area contributed by atoms with E-state index < -0.39 is 17.7 Å². The zero-order valence-electron chi connectivity index (χ0n) is 10.9. The number of rotatable bonds is 6. The lowest BCUT2D eigenvalue weighted by molar-refractivity contribution is -0.126. The molecule has 0 radical (unpaired) electrons. The van der Waals surface area contributed by atoms with E-state index in [4.69, 9.17) is 28.9 Å². The molecule has 0 unspecified atom stereocenters. The number of nitrogens with one attached hydrogen (secondary N) is 3. The summed E-state index contributed by atoms with van der Waals surface area (Å²) in [6.45, 7) is -0.720. The zero-order valence-corrected chi connectivity index (χ0v) is 12.4. The Morgan fingerprint density at radius 2 is 1.62 bits per heavy atom. The van der Waals surface area contributed by atoms with E-state index in [0.717, 1.165) is 0 Å². The van der Waals surface area contributed by atoms with Crippen molar-refractivity contribution in [1.82, 2.24) is 10.6 Å². The number of benzene rings is 1. The molecule has 114 valence electrons. The van der Waals surface area contributed by atoms with Gasteiger partial charge >= 0.3 is 0 Å². The number of amides is 3. The fourth-order valence-electron chi connectivity index (χ4n) is 1.28. The maximum Gasteiger partial charge on any atom is 0.243 e. The highest BCUT2D eigenvalue weighted by Crippen LogP contribution is 2.25. The molecule has 0 bridgehead atoms. The Hall–Kier alpha value is -1.83. The molecule has 5 N–H and O–H groups in total. The molecule has 1 aromatic carbocycles. The molecule has 1 aromatic rings. The lowest BCUT2D eigenvalue weighted by atomic mass is 10.3. The minimum Gasteiger partial charge on any atom is -0.346 e. The first-order valence-corrected chi connectivity index (χ1v) is 6.66. The van der Waals surface area contributed by atoms with Gasteiger partial charge in [-0.3, -0.25) is 14.4 Å². The summed E-state index contributed by atoms with van der Waals surface area (Å²) >= 11 is 11.7. The van der Waals surface area contributed by atoms with Crippen LogP contribution in [-0.2, 0) is 14.4 Å². The van der Waals surface area contributed by atoms with E-state index >= 15 is 0 Å². The Kier molecular flexibility index (Phi) is 6.93. The van der Waals surface area contributed by atoms with Crippen molar-refractivity contribution in [2.24, 2.45) is 5.73 Å². The van der Waals surface area contributed by atoms with E-state index in [1.165, 1.54) is 6.07 Å². The fraction of sp³-hybridized carbons (Fsp3) is 0.250. The van der Waals surface area contributed by atoms with Gasteiger partial charge in [0, 0.05) is 5.02 Å². The van der Waals surface area contributed by atoms with E-state index in [1.807, 2.05) is 0 Å². The summed E-state index contributed by atoms with van der Waals surface area (Å²) < 4.78 is 0. The molecule has 0 aliphatic rings. The van der Waals surface area contributed by atoms with Gasteiger partial charge in [0.2, 0.25) is 17.7 Å². The largest absolute Gasteiger partial charge is 0.346 e. The molecule has 0 heterocycles. The van der Waals surface area contributed by atoms with Crippen LogP contribution in [0.5, 0.6) is 0 Å². The summed E-state index contributed by atoms with van der Waals surface area (Å²) in [5, 5.41) is 7.86. The van der Waals surface area contributed by atoms with Crippen molar-refractivity contribution < 1.29 is 14.4 Å². The standard InChI is InChI=1S/C12H14Cl2N4O3/c13-7-1-2-8(14)9(3-7)18-12(21)6-17-11(20)5-16-10(19)4-15/h1-3H,4-6,15H2,(H,16,19)(H,17,20)(H,18,21). The van der Waals surface area contributed by atoms with Crippen LogP contribution in [-0.4, -0.2) is 37.4 Å². The smallest absolute Gasteiger partial charge is 0.243 e. The first-order chi connectivity index (χ1) is 9.92. The number of carbonyl (C=O) groups excluding carboxylic acids is 3. The van der Waals surface area contributed by atoms with Crippen LogP contribution in [0.4, 0.5) is 5.69 Å². The van der Waals surface area contributed by atoms with E-state index in [9.17, 15) is 14.4 Å². The zero-order chi connectivity index (χ0) is 15.8. The molecular weight excluding hydrogens is 319 g/mol. The normalized spacial score (nSPS) is 9.86. The Balaban J connectivity index is 2.39. The Bertz CT molecular complexity index is 551. The van der Waals surface area contributed by atoms with Crippen molar-refractivity contribution in [2.75, 3.05) is 25.0 Å². The average molecular weight is 333 g/mol. The van der Waals surface area contributed by atoms with Gasteiger partial charge in [-0.05, 0) is 18.2 Å². The van der Waals surface area contributed by atoms with Gasteiger partial charge in [-0.25, -0.2) is 0 Å². The van der Waals surface area contributed by atoms with E-state index in [-0.39, 0.29) is 19.6 Å². The molecule has 21 heavy (non-hydrogen) atoms. The second kappa shape index (κ2) is 8.46. The number of carbonyl (C=O) groups is 3. The molecule has 0 saturated heterocycles. The molecule has 0 saturated carbocycles. The van der Waals surface area contributed by atoms with Crippen LogP contribution in [0, 0.1) is 0 Å². The third kappa shape index (κ3) is 6.44. The molecule has 0 fully saturated rings. The summed E-state index contributed by atoms with van der Waals surface area (Å²) in [6, 6.07) is 4.62. The lowest BCUT2D eigenvalue weighted by Crippen LogP contribution is -2.41. The van der Waals surface area contributed by atoms with Crippen molar-refractivity contribution >= 4 is 46.6 Å². The molecule has 0 aliphatic carbocycles. The average Bonchev–Trinajstić information content (AvgIpc) is 2.46. The van der Waals surface area contributed by atoms with Crippen molar-refractivity contribution in [1.29, 1.82) is 0 Å². The monoisotopic (exact) mass is 332 g/mol. The van der Waals surface area contributed by atoms with E-state index in [0.29, 0.717) is 15.7 Å². The number of halogens is 2. The van der Waals surface area contributed by atoms with Crippen LogP contribution in [0.3, 0.4) is 0 Å². The molecule has 1 rings (SSSR count). The highest BCUT2D eigenvalue weighted by atomic mass is 35.5. The maximum absolute atomic E-state index is 11.6. The van der Waals surface area contributed by atoms with Gasteiger partial charge in [0.15, 0.2) is 0 Å². The Labute approximate surface area is 131 Å². The minimum absolute atomic E-state index is 0.207. The van der Waals surface area contributed by atoms with Crippen molar-refractivity contribution in [3.63, 3.8) is 0 Å². The summed E-state index contributed by atoms with van der Waals surface area (Å²) in [5.74, 6) is -1.44. The van der Waals surface area contributed by atoms with Gasteiger partial charge in [0.05, 0.1) is 30.3 Å². The molecule has 7 nitrogen and oxygen atoms in total. The topological polar surface area (TPSA) is 113 Å². The predicted octanol–water partition coefficient (Wildman–Crippen LogP) is 0.123. The van der Waals surface area contributed by atoms with Crippen LogP contribution >= 0.6 is 23.2 Å². The van der Waals surface area contributed by atoms with Crippen LogP contribution in [0.15, 0.2) is 18.2 Å². The number of anilines is 1. The molecule has 0 aliphatic heterocycles. The van der Waals surface area contributed by atoms with Gasteiger partial charge in [0.25, 0.3) is 0 Å². The summed E-state index contributed by atoms with van der Waals surface area (Å²) in [7, 11) is 0. The van der Waals surface area contributed by atoms with Crippen LogP contribution in [0.25, 0.3) is 0 Å². The molecule has 0 atom stereocenters. The van der Waals surface area contributed by atoms with Crippen LogP contribution in [0.1, 0.15) is 0 Å². The number of hydrogen-bond acceptors (Lipinski definition) is 4. The molecule has 9 heteroatoms. The van der Waals surface area contributed by atoms with Crippen molar-refractivity contribution in [3.8, 4) is 0 Å². The maximum atomic E-state index is 11.6. The molecular formula is C12H14Cl2N4O3. The van der Waals surface area contributed by atoms with Gasteiger partial charge in [0.1, 0.15) is 0 Å². The van der Waals surface area contributed by atoms with Gasteiger partial charge in [-0.15, -0.1) is 0 Å². The van der Waals surface area contributed by atoms with Crippen molar-refractivity contribution in [2.45, 2.75) is 0 Å². The van der Waals surface area contributed by atoms with E-state index in [2.05, 4.69) is 16.0 Å². The van der Waals surface area contributed by atoms with Crippen LogP contribution in [0.2, 0.25) is 10.0 Å². The first kappa shape index (κ1) is 17.2. The van der Waals surface area contributed by atoms with Crippen LogP contribution < -0.4 is 21.7 Å². The summed E-state index contributed by atoms with van der Waals surface area (Å²) in [5.41, 5.74) is 5.41. The quantitative estimate of drug-likeness (QED) is 0.592. The van der Waals surface area contributed by atoms with Crippen molar-refractivity contribution in [3.05, 3.63) is 28.2 Å². The minimum atomic E-state index is -0.510. The van der Waals surface area contributed by atoms with Gasteiger partial charge < -0.3 is 21.7 Å². The molecule has 0 aromatic heterocycles. The second-order valence-corrected chi connectivity index (χ2v) is 4.77. The SMILES string of the molecule is NCC(=O)NCC(=O)NCC(=O)Nc1cc(Cl)ccc1Cl. The third-order valence-electron chi connectivity index (χ3n) is 2.28. The molecule has 3 amide bonds. The highest BCUT2D eigenvalue weighted by Gasteiger charge is 2.09. The predicted molar refractivity (Wildman–Crippen MR) is 80.2 cm³/mol. The first-order valence-electron chi connectivity index (χ1n) is 5.90. The third-order valence-corrected chi connectivity index (χ3v) is 2.84.